The van der Waals surface area contributed by atoms with Crippen molar-refractivity contribution < 1.29 is 8.42 Å². The smallest absolute Gasteiger partial charge is 0.262 e. The van der Waals surface area contributed by atoms with Gasteiger partial charge >= 0.3 is 0 Å². The van der Waals surface area contributed by atoms with Crippen LogP contribution in [-0.2, 0) is 23.0 Å². The predicted octanol–water partition coefficient (Wildman–Crippen LogP) is 3.32. The Labute approximate surface area is 174 Å². The van der Waals surface area contributed by atoms with Crippen molar-refractivity contribution in [1.29, 1.82) is 0 Å². The minimum absolute atomic E-state index is 0.0303. The average Bonchev–Trinajstić information content (AvgIpc) is 3.20. The van der Waals surface area contributed by atoms with E-state index < -0.39 is 10.0 Å². The van der Waals surface area contributed by atoms with Crippen LogP contribution >= 0.6 is 11.8 Å². The summed E-state index contributed by atoms with van der Waals surface area (Å²) < 4.78 is 24.6. The van der Waals surface area contributed by atoms with Crippen molar-refractivity contribution >= 4 is 32.7 Å². The van der Waals surface area contributed by atoms with E-state index in [1.165, 1.54) is 25.0 Å². The van der Waals surface area contributed by atoms with Crippen LogP contribution in [0.3, 0.4) is 0 Å². The molecule has 0 bridgehead atoms. The highest BCUT2D eigenvalue weighted by molar-refractivity contribution is 7.99. The van der Waals surface area contributed by atoms with Gasteiger partial charge in [-0.25, -0.2) is 18.5 Å². The van der Waals surface area contributed by atoms with Crippen molar-refractivity contribution in [2.75, 3.05) is 0 Å². The molecular weight excluding hydrogens is 406 g/mol. The Kier molecular flexibility index (Phi) is 5.76. The number of aryl methyl sites for hydroxylation is 1. The summed E-state index contributed by atoms with van der Waals surface area (Å²) >= 11 is 1.70. The van der Waals surface area contributed by atoms with Gasteiger partial charge in [0.25, 0.3) is 5.56 Å². The van der Waals surface area contributed by atoms with E-state index in [2.05, 4.69) is 0 Å². The second kappa shape index (κ2) is 8.30. The quantitative estimate of drug-likeness (QED) is 0.607. The maximum Gasteiger partial charge on any atom is 0.262 e. The molecule has 152 valence electrons. The molecule has 0 radical (unpaired) electrons. The van der Waals surface area contributed by atoms with Gasteiger partial charge in [0.15, 0.2) is 5.16 Å². The van der Waals surface area contributed by atoms with Crippen LogP contribution < -0.4 is 10.7 Å². The fourth-order valence-corrected chi connectivity index (χ4v) is 5.51. The molecule has 8 heteroatoms. The molecule has 3 aromatic rings. The summed E-state index contributed by atoms with van der Waals surface area (Å²) in [5.74, 6) is 0. The van der Waals surface area contributed by atoms with Gasteiger partial charge in [0.05, 0.1) is 15.8 Å². The SMILES string of the molecule is NS(=O)(=O)c1ccc(CCn2c(SC3CCCC3)nc3ccccc3c2=O)cc1. The zero-order chi connectivity index (χ0) is 20.4. The number of fused-ring (bicyclic) bond motifs is 1. The fourth-order valence-electron chi connectivity index (χ4n) is 3.68. The van der Waals surface area contributed by atoms with Gasteiger partial charge in [-0.2, -0.15) is 0 Å². The highest BCUT2D eigenvalue weighted by atomic mass is 32.2. The summed E-state index contributed by atoms with van der Waals surface area (Å²) in [5.41, 5.74) is 1.64. The highest BCUT2D eigenvalue weighted by Crippen LogP contribution is 2.34. The number of primary sulfonamides is 1. The van der Waals surface area contributed by atoms with Gasteiger partial charge in [-0.1, -0.05) is 48.9 Å². The first-order valence-corrected chi connectivity index (χ1v) is 12.1. The number of thioether (sulfide) groups is 1. The molecule has 2 aromatic carbocycles. The third-order valence-corrected chi connectivity index (χ3v) is 7.53. The van der Waals surface area contributed by atoms with E-state index >= 15 is 0 Å². The van der Waals surface area contributed by atoms with Gasteiger partial charge in [0.2, 0.25) is 10.0 Å². The van der Waals surface area contributed by atoms with E-state index in [0.717, 1.165) is 29.1 Å². The largest absolute Gasteiger partial charge is 0.287 e. The second-order valence-corrected chi connectivity index (χ2v) is 10.2. The molecule has 0 spiro atoms. The number of aromatic nitrogens is 2. The molecule has 1 saturated carbocycles. The molecule has 2 N–H and O–H groups in total. The summed E-state index contributed by atoms with van der Waals surface area (Å²) in [4.78, 5) is 18.0. The lowest BCUT2D eigenvalue weighted by Gasteiger charge is -2.16. The Morgan fingerprint density at radius 1 is 1.07 bits per heavy atom. The van der Waals surface area contributed by atoms with Crippen molar-refractivity contribution in [2.45, 2.75) is 54.0 Å². The standard InChI is InChI=1S/C21H23N3O3S2/c22-29(26,27)17-11-9-15(10-12-17)13-14-24-20(25)18-7-3-4-8-19(18)23-21(24)28-16-5-1-2-6-16/h3-4,7-12,16H,1-2,5-6,13-14H2,(H2,22,26,27). The first kappa shape index (κ1) is 20.1. The third kappa shape index (κ3) is 4.55. The fraction of sp³-hybridized carbons (Fsp3) is 0.333. The Bertz CT molecular complexity index is 1180. The molecule has 0 unspecified atom stereocenters. The monoisotopic (exact) mass is 429 g/mol. The zero-order valence-corrected chi connectivity index (χ0v) is 17.6. The molecule has 29 heavy (non-hydrogen) atoms. The lowest BCUT2D eigenvalue weighted by Crippen LogP contribution is -2.25. The molecular formula is C21H23N3O3S2. The molecule has 6 nitrogen and oxygen atoms in total. The van der Waals surface area contributed by atoms with Crippen molar-refractivity contribution in [3.63, 3.8) is 0 Å². The van der Waals surface area contributed by atoms with Crippen LogP contribution in [0.5, 0.6) is 0 Å². The van der Waals surface area contributed by atoms with Crippen LogP contribution in [0.2, 0.25) is 0 Å². The number of hydrogen-bond donors (Lipinski definition) is 1. The van der Waals surface area contributed by atoms with E-state index in [1.54, 1.807) is 28.5 Å². The van der Waals surface area contributed by atoms with Gasteiger partial charge < -0.3 is 0 Å². The van der Waals surface area contributed by atoms with Gasteiger partial charge in [0, 0.05) is 11.8 Å². The highest BCUT2D eigenvalue weighted by Gasteiger charge is 2.20. The van der Waals surface area contributed by atoms with Gasteiger partial charge in [-0.05, 0) is 49.1 Å². The molecule has 0 amide bonds. The number of para-hydroxylation sites is 1. The van der Waals surface area contributed by atoms with Crippen molar-refractivity contribution in [1.82, 2.24) is 9.55 Å². The predicted molar refractivity (Wildman–Crippen MR) is 116 cm³/mol. The van der Waals surface area contributed by atoms with Crippen molar-refractivity contribution in [3.8, 4) is 0 Å². The Morgan fingerprint density at radius 3 is 2.45 bits per heavy atom. The topological polar surface area (TPSA) is 95.1 Å². The maximum atomic E-state index is 13.1. The summed E-state index contributed by atoms with van der Waals surface area (Å²) in [7, 11) is -3.71. The molecule has 0 saturated heterocycles. The molecule has 1 heterocycles. The van der Waals surface area contributed by atoms with E-state index in [9.17, 15) is 13.2 Å². The molecule has 1 aliphatic rings. The molecule has 0 aliphatic heterocycles. The Balaban J connectivity index is 1.64. The molecule has 1 fully saturated rings. The van der Waals surface area contributed by atoms with E-state index in [4.69, 9.17) is 10.1 Å². The van der Waals surface area contributed by atoms with Gasteiger partial charge in [-0.3, -0.25) is 9.36 Å². The first-order chi connectivity index (χ1) is 13.9. The van der Waals surface area contributed by atoms with E-state index in [-0.39, 0.29) is 10.5 Å². The minimum atomic E-state index is -3.71. The van der Waals surface area contributed by atoms with E-state index in [1.807, 2.05) is 24.3 Å². The van der Waals surface area contributed by atoms with Gasteiger partial charge in [0.1, 0.15) is 0 Å². The Morgan fingerprint density at radius 2 is 1.76 bits per heavy atom. The van der Waals surface area contributed by atoms with Crippen LogP contribution in [-0.4, -0.2) is 23.2 Å². The van der Waals surface area contributed by atoms with Crippen LogP contribution in [0.1, 0.15) is 31.2 Å². The van der Waals surface area contributed by atoms with Crippen LogP contribution in [0, 0.1) is 0 Å². The number of hydrogen-bond acceptors (Lipinski definition) is 5. The minimum Gasteiger partial charge on any atom is -0.287 e. The number of benzene rings is 2. The molecule has 1 aromatic heterocycles. The first-order valence-electron chi connectivity index (χ1n) is 9.70. The van der Waals surface area contributed by atoms with Crippen LogP contribution in [0.15, 0.2) is 63.4 Å². The second-order valence-electron chi connectivity index (χ2n) is 7.33. The van der Waals surface area contributed by atoms with Gasteiger partial charge in [-0.15, -0.1) is 0 Å². The summed E-state index contributed by atoms with van der Waals surface area (Å²) in [6, 6.07) is 13.9. The number of rotatable bonds is 6. The lowest BCUT2D eigenvalue weighted by atomic mass is 10.1. The summed E-state index contributed by atoms with van der Waals surface area (Å²) in [5, 5.41) is 7.04. The molecule has 0 atom stereocenters. The van der Waals surface area contributed by atoms with Crippen molar-refractivity contribution in [2.24, 2.45) is 5.14 Å². The zero-order valence-electron chi connectivity index (χ0n) is 16.0. The third-order valence-electron chi connectivity index (χ3n) is 5.28. The summed E-state index contributed by atoms with van der Waals surface area (Å²) in [6.45, 7) is 0.487. The number of sulfonamides is 1. The number of nitrogens with two attached hydrogens (primary N) is 1. The van der Waals surface area contributed by atoms with Crippen LogP contribution in [0.25, 0.3) is 10.9 Å². The van der Waals surface area contributed by atoms with Crippen LogP contribution in [0.4, 0.5) is 0 Å². The average molecular weight is 430 g/mol. The maximum absolute atomic E-state index is 13.1. The Hall–Kier alpha value is -2.16. The van der Waals surface area contributed by atoms with Crippen molar-refractivity contribution in [3.05, 3.63) is 64.4 Å². The molecule has 1 aliphatic carbocycles. The lowest BCUT2D eigenvalue weighted by molar-refractivity contribution is 0.592. The number of nitrogens with zero attached hydrogens (tertiary/aromatic N) is 2. The normalized spacial score (nSPS) is 15.2. The summed E-state index contributed by atoms with van der Waals surface area (Å²) in [6.07, 6.45) is 5.37. The molecule has 4 rings (SSSR count). The van der Waals surface area contributed by atoms with E-state index in [0.29, 0.717) is 23.6 Å².